The summed E-state index contributed by atoms with van der Waals surface area (Å²) in [6, 6.07) is 0.484. The normalized spacial score (nSPS) is 21.5. The summed E-state index contributed by atoms with van der Waals surface area (Å²) in [4.78, 5) is 4.76. The maximum atomic E-state index is 4.76. The van der Waals surface area contributed by atoms with Gasteiger partial charge in [-0.1, -0.05) is 13.8 Å². The second-order valence-corrected chi connectivity index (χ2v) is 4.61. The highest BCUT2D eigenvalue weighted by atomic mass is 15.1. The second-order valence-electron chi connectivity index (χ2n) is 4.61. The van der Waals surface area contributed by atoms with Crippen molar-refractivity contribution in [2.45, 2.75) is 52.1 Å². The van der Waals surface area contributed by atoms with Crippen LogP contribution in [0.4, 0.5) is 0 Å². The first-order valence-electron chi connectivity index (χ1n) is 6.02. The van der Waals surface area contributed by atoms with Crippen LogP contribution in [0.2, 0.25) is 0 Å². The van der Waals surface area contributed by atoms with E-state index in [1.54, 1.807) is 0 Å². The van der Waals surface area contributed by atoms with E-state index in [1.807, 2.05) is 0 Å². The quantitative estimate of drug-likeness (QED) is 0.825. The number of hydrogen-bond acceptors (Lipinski definition) is 2. The molecule has 1 aliphatic rings. The average molecular weight is 207 g/mol. The zero-order chi connectivity index (χ0) is 10.8. The zero-order valence-corrected chi connectivity index (χ0v) is 9.95. The SMILES string of the molecule is CCn1cc(C(C)C)nc1C1CCCN1. The van der Waals surface area contributed by atoms with Crippen LogP contribution in [0.25, 0.3) is 0 Å². The predicted molar refractivity (Wildman–Crippen MR) is 62.0 cm³/mol. The molecule has 3 heteroatoms. The van der Waals surface area contributed by atoms with Crippen molar-refractivity contribution >= 4 is 0 Å². The largest absolute Gasteiger partial charge is 0.334 e. The number of aromatic nitrogens is 2. The summed E-state index contributed by atoms with van der Waals surface area (Å²) >= 11 is 0. The van der Waals surface area contributed by atoms with Crippen LogP contribution in [-0.4, -0.2) is 16.1 Å². The van der Waals surface area contributed by atoms with Crippen molar-refractivity contribution in [1.29, 1.82) is 0 Å². The number of nitrogens with zero attached hydrogens (tertiary/aromatic N) is 2. The van der Waals surface area contributed by atoms with Crippen LogP contribution in [0.15, 0.2) is 6.20 Å². The van der Waals surface area contributed by atoms with E-state index in [1.165, 1.54) is 24.4 Å². The molecule has 1 unspecified atom stereocenters. The van der Waals surface area contributed by atoms with E-state index in [2.05, 4.69) is 36.9 Å². The lowest BCUT2D eigenvalue weighted by Gasteiger charge is -2.11. The standard InChI is InChI=1S/C12H21N3/c1-4-15-8-11(9(2)3)14-12(15)10-6-5-7-13-10/h8-10,13H,4-7H2,1-3H3. The highest BCUT2D eigenvalue weighted by molar-refractivity contribution is 5.11. The lowest BCUT2D eigenvalue weighted by atomic mass is 10.1. The zero-order valence-electron chi connectivity index (χ0n) is 9.95. The third kappa shape index (κ3) is 2.07. The molecule has 0 bridgehead atoms. The number of hydrogen-bond donors (Lipinski definition) is 1. The Hall–Kier alpha value is -0.830. The highest BCUT2D eigenvalue weighted by Gasteiger charge is 2.22. The van der Waals surface area contributed by atoms with E-state index >= 15 is 0 Å². The molecule has 2 heterocycles. The van der Waals surface area contributed by atoms with Crippen molar-refractivity contribution in [2.75, 3.05) is 6.54 Å². The van der Waals surface area contributed by atoms with Gasteiger partial charge in [-0.25, -0.2) is 4.98 Å². The van der Waals surface area contributed by atoms with Crippen LogP contribution < -0.4 is 5.32 Å². The van der Waals surface area contributed by atoms with Gasteiger partial charge in [0.1, 0.15) is 5.82 Å². The summed E-state index contributed by atoms with van der Waals surface area (Å²) in [6.07, 6.45) is 4.72. The fourth-order valence-electron chi connectivity index (χ4n) is 2.17. The fourth-order valence-corrected chi connectivity index (χ4v) is 2.17. The van der Waals surface area contributed by atoms with Gasteiger partial charge in [-0.05, 0) is 32.2 Å². The van der Waals surface area contributed by atoms with Gasteiger partial charge in [0.05, 0.1) is 11.7 Å². The van der Waals surface area contributed by atoms with Crippen LogP contribution in [-0.2, 0) is 6.54 Å². The summed E-state index contributed by atoms with van der Waals surface area (Å²) < 4.78 is 2.29. The van der Waals surface area contributed by atoms with E-state index in [-0.39, 0.29) is 0 Å². The predicted octanol–water partition coefficient (Wildman–Crippen LogP) is 2.45. The first-order chi connectivity index (χ1) is 7.22. The van der Waals surface area contributed by atoms with Crippen molar-refractivity contribution in [3.8, 4) is 0 Å². The highest BCUT2D eigenvalue weighted by Crippen LogP contribution is 2.24. The molecule has 84 valence electrons. The fraction of sp³-hybridized carbons (Fsp3) is 0.750. The molecule has 0 aromatic carbocycles. The van der Waals surface area contributed by atoms with Crippen molar-refractivity contribution in [1.82, 2.24) is 14.9 Å². The Balaban J connectivity index is 2.27. The molecular formula is C12H21N3. The molecule has 1 saturated heterocycles. The molecule has 1 fully saturated rings. The smallest absolute Gasteiger partial charge is 0.126 e. The van der Waals surface area contributed by atoms with Crippen molar-refractivity contribution in [2.24, 2.45) is 0 Å². The van der Waals surface area contributed by atoms with E-state index < -0.39 is 0 Å². The van der Waals surface area contributed by atoms with Gasteiger partial charge in [0.15, 0.2) is 0 Å². The molecule has 1 atom stereocenters. The van der Waals surface area contributed by atoms with Gasteiger partial charge in [0.25, 0.3) is 0 Å². The van der Waals surface area contributed by atoms with Gasteiger partial charge < -0.3 is 9.88 Å². The Morgan fingerprint density at radius 2 is 2.40 bits per heavy atom. The minimum absolute atomic E-state index is 0.484. The molecule has 0 amide bonds. The van der Waals surface area contributed by atoms with Crippen LogP contribution in [0.5, 0.6) is 0 Å². The number of nitrogens with one attached hydrogen (secondary N) is 1. The van der Waals surface area contributed by atoms with E-state index in [0.717, 1.165) is 13.1 Å². The Bertz CT molecular complexity index is 322. The maximum absolute atomic E-state index is 4.76. The molecule has 2 rings (SSSR count). The Kier molecular flexibility index (Phi) is 3.10. The Morgan fingerprint density at radius 3 is 2.93 bits per heavy atom. The molecule has 1 aliphatic heterocycles. The summed E-state index contributed by atoms with van der Waals surface area (Å²) in [5.74, 6) is 1.76. The molecule has 1 N–H and O–H groups in total. The topological polar surface area (TPSA) is 29.9 Å². The van der Waals surface area contributed by atoms with Crippen molar-refractivity contribution in [3.63, 3.8) is 0 Å². The van der Waals surface area contributed by atoms with Gasteiger partial charge in [0.2, 0.25) is 0 Å². The van der Waals surface area contributed by atoms with Gasteiger partial charge in [-0.3, -0.25) is 0 Å². The molecule has 1 aromatic rings. The summed E-state index contributed by atoms with van der Waals surface area (Å²) in [5.41, 5.74) is 1.22. The van der Waals surface area contributed by atoms with Crippen molar-refractivity contribution in [3.05, 3.63) is 17.7 Å². The lowest BCUT2D eigenvalue weighted by molar-refractivity contribution is 0.558. The average Bonchev–Trinajstić information content (AvgIpc) is 2.86. The van der Waals surface area contributed by atoms with Gasteiger partial charge >= 0.3 is 0 Å². The van der Waals surface area contributed by atoms with Crippen LogP contribution in [0, 0.1) is 0 Å². The molecule has 0 saturated carbocycles. The summed E-state index contributed by atoms with van der Waals surface area (Å²) in [6.45, 7) is 8.75. The van der Waals surface area contributed by atoms with E-state index in [0.29, 0.717) is 12.0 Å². The van der Waals surface area contributed by atoms with Crippen molar-refractivity contribution < 1.29 is 0 Å². The Morgan fingerprint density at radius 1 is 1.60 bits per heavy atom. The van der Waals surface area contributed by atoms with Gasteiger partial charge in [-0.2, -0.15) is 0 Å². The summed E-state index contributed by atoms with van der Waals surface area (Å²) in [5, 5.41) is 3.52. The van der Waals surface area contributed by atoms with E-state index in [4.69, 9.17) is 4.98 Å². The third-order valence-electron chi connectivity index (χ3n) is 3.13. The van der Waals surface area contributed by atoms with E-state index in [9.17, 15) is 0 Å². The molecule has 0 radical (unpaired) electrons. The molecule has 15 heavy (non-hydrogen) atoms. The summed E-state index contributed by atoms with van der Waals surface area (Å²) in [7, 11) is 0. The van der Waals surface area contributed by atoms with Crippen LogP contribution >= 0.6 is 0 Å². The molecule has 0 aliphatic carbocycles. The van der Waals surface area contributed by atoms with Crippen LogP contribution in [0.3, 0.4) is 0 Å². The molecule has 3 nitrogen and oxygen atoms in total. The molecule has 1 aromatic heterocycles. The maximum Gasteiger partial charge on any atom is 0.126 e. The number of rotatable bonds is 3. The Labute approximate surface area is 91.9 Å². The lowest BCUT2D eigenvalue weighted by Crippen LogP contribution is -2.17. The number of imidazole rings is 1. The monoisotopic (exact) mass is 207 g/mol. The first kappa shape index (κ1) is 10.7. The van der Waals surface area contributed by atoms with Gasteiger partial charge in [-0.15, -0.1) is 0 Å². The van der Waals surface area contributed by atoms with Crippen LogP contribution in [0.1, 0.15) is 57.1 Å². The third-order valence-corrected chi connectivity index (χ3v) is 3.13. The number of aryl methyl sites for hydroxylation is 1. The molecule has 0 spiro atoms. The minimum Gasteiger partial charge on any atom is -0.334 e. The molecular weight excluding hydrogens is 186 g/mol. The minimum atomic E-state index is 0.484. The first-order valence-corrected chi connectivity index (χ1v) is 6.02. The second kappa shape index (κ2) is 4.35. The van der Waals surface area contributed by atoms with Gasteiger partial charge in [0, 0.05) is 12.7 Å².